The molecule has 0 aliphatic heterocycles. The molecule has 2 heteroatoms. The molecule has 0 unspecified atom stereocenters. The Morgan fingerprint density at radius 2 is 2.08 bits per heavy atom. The van der Waals surface area contributed by atoms with Crippen LogP contribution < -0.4 is 5.32 Å². The summed E-state index contributed by atoms with van der Waals surface area (Å²) in [4.78, 5) is 0. The zero-order valence-corrected chi connectivity index (χ0v) is 9.14. The minimum absolute atomic E-state index is 0.296. The minimum Gasteiger partial charge on any atom is -0.396 e. The van der Waals surface area contributed by atoms with Crippen LogP contribution in [0.5, 0.6) is 0 Å². The number of hydrogen-bond donors (Lipinski definition) is 2. The lowest BCUT2D eigenvalue weighted by Crippen LogP contribution is -2.29. The van der Waals surface area contributed by atoms with Gasteiger partial charge in [0, 0.05) is 19.7 Å². The predicted octanol–water partition coefficient (Wildman–Crippen LogP) is 1.95. The van der Waals surface area contributed by atoms with E-state index in [1.165, 1.54) is 0 Å². The van der Waals surface area contributed by atoms with E-state index in [1.807, 2.05) is 13.0 Å². The van der Waals surface area contributed by atoms with E-state index in [0.29, 0.717) is 12.0 Å². The van der Waals surface area contributed by atoms with Gasteiger partial charge in [-0.3, -0.25) is 0 Å². The number of nitrogens with one attached hydrogen (secondary N) is 1. The van der Waals surface area contributed by atoms with Gasteiger partial charge in [0.2, 0.25) is 0 Å². The molecule has 0 fully saturated rings. The summed E-state index contributed by atoms with van der Waals surface area (Å²) in [5.74, 6) is 0. The highest BCUT2D eigenvalue weighted by Gasteiger charge is 2.15. The maximum absolute atomic E-state index is 8.71. The average Bonchev–Trinajstić information content (AvgIpc) is 2.09. The second-order valence-electron chi connectivity index (χ2n) is 4.19. The molecule has 0 rings (SSSR count). The lowest BCUT2D eigenvalue weighted by atomic mass is 9.88. The Balaban J connectivity index is 3.49. The Morgan fingerprint density at radius 3 is 2.62 bits per heavy atom. The van der Waals surface area contributed by atoms with Gasteiger partial charge < -0.3 is 10.4 Å². The topological polar surface area (TPSA) is 32.3 Å². The number of allylic oxidation sites excluding steroid dienone is 1. The van der Waals surface area contributed by atoms with Gasteiger partial charge in [-0.2, -0.15) is 0 Å². The van der Waals surface area contributed by atoms with E-state index in [1.54, 1.807) is 0 Å². The van der Waals surface area contributed by atoms with E-state index in [0.717, 1.165) is 25.9 Å². The van der Waals surface area contributed by atoms with Crippen LogP contribution in [-0.4, -0.2) is 24.8 Å². The van der Waals surface area contributed by atoms with Gasteiger partial charge in [0.1, 0.15) is 0 Å². The maximum atomic E-state index is 8.71. The number of aliphatic hydroxyl groups is 1. The fourth-order valence-corrected chi connectivity index (χ4v) is 1.26. The summed E-state index contributed by atoms with van der Waals surface area (Å²) >= 11 is 0. The van der Waals surface area contributed by atoms with Gasteiger partial charge >= 0.3 is 0 Å². The molecule has 0 heterocycles. The van der Waals surface area contributed by atoms with Crippen molar-refractivity contribution in [2.45, 2.75) is 33.6 Å². The summed E-state index contributed by atoms with van der Waals surface area (Å²) in [5.41, 5.74) is 0.296. The Morgan fingerprint density at radius 1 is 1.38 bits per heavy atom. The molecule has 13 heavy (non-hydrogen) atoms. The minimum atomic E-state index is 0.296. The van der Waals surface area contributed by atoms with Crippen molar-refractivity contribution in [3.63, 3.8) is 0 Å². The van der Waals surface area contributed by atoms with Gasteiger partial charge in [-0.1, -0.05) is 26.0 Å². The molecule has 0 atom stereocenters. The van der Waals surface area contributed by atoms with Crippen molar-refractivity contribution in [2.75, 3.05) is 19.7 Å². The normalized spacial score (nSPS) is 12.6. The Labute approximate surface area is 82.0 Å². The second kappa shape index (κ2) is 7.10. The number of aliphatic hydroxyl groups excluding tert-OH is 1. The molecule has 0 aromatic carbocycles. The first-order valence-corrected chi connectivity index (χ1v) is 5.05. The SMILES string of the molecule is C/C=C/CNCC(C)(C)CCCO. The summed E-state index contributed by atoms with van der Waals surface area (Å²) in [6, 6.07) is 0. The summed E-state index contributed by atoms with van der Waals surface area (Å²) in [7, 11) is 0. The summed E-state index contributed by atoms with van der Waals surface area (Å²) < 4.78 is 0. The average molecular weight is 185 g/mol. The molecule has 0 bridgehead atoms. The van der Waals surface area contributed by atoms with E-state index < -0.39 is 0 Å². The van der Waals surface area contributed by atoms with Crippen LogP contribution in [-0.2, 0) is 0 Å². The summed E-state index contributed by atoms with van der Waals surface area (Å²) in [5, 5.41) is 12.1. The van der Waals surface area contributed by atoms with Crippen LogP contribution in [0.15, 0.2) is 12.2 Å². The van der Waals surface area contributed by atoms with Crippen LogP contribution >= 0.6 is 0 Å². The van der Waals surface area contributed by atoms with Crippen molar-refractivity contribution in [1.82, 2.24) is 5.32 Å². The van der Waals surface area contributed by atoms with Crippen LogP contribution in [0, 0.1) is 5.41 Å². The first-order valence-electron chi connectivity index (χ1n) is 5.05. The van der Waals surface area contributed by atoms with Gasteiger partial charge in [0.25, 0.3) is 0 Å². The smallest absolute Gasteiger partial charge is 0.0431 e. The molecular formula is C11H23NO. The fraction of sp³-hybridized carbons (Fsp3) is 0.818. The molecule has 0 saturated heterocycles. The maximum Gasteiger partial charge on any atom is 0.0431 e. The van der Waals surface area contributed by atoms with E-state index in [9.17, 15) is 0 Å². The van der Waals surface area contributed by atoms with Gasteiger partial charge in [-0.15, -0.1) is 0 Å². The lowest BCUT2D eigenvalue weighted by molar-refractivity contribution is 0.238. The quantitative estimate of drug-likeness (QED) is 0.469. The molecule has 0 amide bonds. The standard InChI is InChI=1S/C11H23NO/c1-4-5-8-12-10-11(2,3)7-6-9-13/h4-5,12-13H,6-10H2,1-3H3/b5-4+. The molecule has 0 spiro atoms. The van der Waals surface area contributed by atoms with Gasteiger partial charge in [0.05, 0.1) is 0 Å². The first-order chi connectivity index (χ1) is 6.12. The third-order valence-corrected chi connectivity index (χ3v) is 2.11. The highest BCUT2D eigenvalue weighted by molar-refractivity contribution is 4.81. The van der Waals surface area contributed by atoms with Crippen molar-refractivity contribution in [1.29, 1.82) is 0 Å². The van der Waals surface area contributed by atoms with Gasteiger partial charge in [0.15, 0.2) is 0 Å². The van der Waals surface area contributed by atoms with E-state index in [4.69, 9.17) is 5.11 Å². The van der Waals surface area contributed by atoms with Crippen LogP contribution in [0.1, 0.15) is 33.6 Å². The number of hydrogen-bond acceptors (Lipinski definition) is 2. The van der Waals surface area contributed by atoms with Crippen molar-refractivity contribution in [3.8, 4) is 0 Å². The van der Waals surface area contributed by atoms with Crippen molar-refractivity contribution in [2.24, 2.45) is 5.41 Å². The van der Waals surface area contributed by atoms with Gasteiger partial charge in [-0.05, 0) is 25.2 Å². The largest absolute Gasteiger partial charge is 0.396 e. The highest BCUT2D eigenvalue weighted by atomic mass is 16.2. The van der Waals surface area contributed by atoms with Crippen LogP contribution in [0.4, 0.5) is 0 Å². The zero-order valence-electron chi connectivity index (χ0n) is 9.14. The van der Waals surface area contributed by atoms with Crippen LogP contribution in [0.25, 0.3) is 0 Å². The molecular weight excluding hydrogens is 162 g/mol. The Hall–Kier alpha value is -0.340. The lowest BCUT2D eigenvalue weighted by Gasteiger charge is -2.24. The fourth-order valence-electron chi connectivity index (χ4n) is 1.26. The molecule has 0 saturated carbocycles. The molecule has 0 aliphatic rings. The second-order valence-corrected chi connectivity index (χ2v) is 4.19. The molecule has 2 N–H and O–H groups in total. The number of rotatable bonds is 7. The van der Waals surface area contributed by atoms with Crippen molar-refractivity contribution < 1.29 is 5.11 Å². The van der Waals surface area contributed by atoms with Crippen molar-refractivity contribution in [3.05, 3.63) is 12.2 Å². The van der Waals surface area contributed by atoms with E-state index in [-0.39, 0.29) is 0 Å². The van der Waals surface area contributed by atoms with Gasteiger partial charge in [-0.25, -0.2) is 0 Å². The Kier molecular flexibility index (Phi) is 6.92. The molecule has 0 aromatic heterocycles. The summed E-state index contributed by atoms with van der Waals surface area (Å²) in [6.45, 7) is 8.74. The highest BCUT2D eigenvalue weighted by Crippen LogP contribution is 2.20. The molecule has 2 nitrogen and oxygen atoms in total. The third kappa shape index (κ3) is 8.00. The Bertz CT molecular complexity index is 141. The zero-order chi connectivity index (χ0) is 10.2. The van der Waals surface area contributed by atoms with Crippen LogP contribution in [0.2, 0.25) is 0 Å². The molecule has 0 aliphatic carbocycles. The summed E-state index contributed by atoms with van der Waals surface area (Å²) in [6.07, 6.45) is 6.14. The first kappa shape index (κ1) is 12.7. The monoisotopic (exact) mass is 185 g/mol. The molecule has 0 radical (unpaired) electrons. The van der Waals surface area contributed by atoms with Crippen molar-refractivity contribution >= 4 is 0 Å². The predicted molar refractivity (Wildman–Crippen MR) is 57.8 cm³/mol. The third-order valence-electron chi connectivity index (χ3n) is 2.11. The van der Waals surface area contributed by atoms with E-state index in [2.05, 4.69) is 25.2 Å². The molecule has 0 aromatic rings. The van der Waals surface area contributed by atoms with E-state index >= 15 is 0 Å². The molecule has 78 valence electrons. The van der Waals surface area contributed by atoms with Crippen LogP contribution in [0.3, 0.4) is 0 Å².